The molecule has 0 saturated carbocycles. The Morgan fingerprint density at radius 3 is 1.91 bits per heavy atom. The van der Waals surface area contributed by atoms with E-state index in [-0.39, 0.29) is 18.2 Å². The fourth-order valence-electron chi connectivity index (χ4n) is 3.98. The van der Waals surface area contributed by atoms with Gasteiger partial charge in [-0.15, -0.1) is 23.2 Å². The molecule has 0 atom stereocenters. The maximum atomic E-state index is 12.5. The van der Waals surface area contributed by atoms with Gasteiger partial charge in [-0.2, -0.15) is 0 Å². The van der Waals surface area contributed by atoms with Crippen LogP contribution in [0.3, 0.4) is 0 Å². The van der Waals surface area contributed by atoms with E-state index in [4.69, 9.17) is 23.2 Å². The molecule has 190 valence electrons. The van der Waals surface area contributed by atoms with Crippen LogP contribution in [-0.2, 0) is 16.0 Å². The molecule has 0 aromatic heterocycles. The van der Waals surface area contributed by atoms with Crippen molar-refractivity contribution in [1.82, 2.24) is 9.80 Å². The standard InChI is InChI=1S/C26H35Cl2N5O2/c1-31-16-18-32(19-17-31)13-10-25(34)29-22-4-6-23(7-5-22)30-26(35)20-21-2-8-24(9-3-21)33(14-11-27)15-12-28/h2-9H,10-20H2,1H3,(H,29,34)(H,30,35). The predicted molar refractivity (Wildman–Crippen MR) is 146 cm³/mol. The Labute approximate surface area is 218 Å². The Bertz CT molecular complexity index is 926. The predicted octanol–water partition coefficient (Wildman–Crippen LogP) is 3.73. The molecule has 2 amide bonds. The Kier molecular flexibility index (Phi) is 11.1. The van der Waals surface area contributed by atoms with E-state index in [9.17, 15) is 9.59 Å². The van der Waals surface area contributed by atoms with Crippen molar-refractivity contribution in [3.8, 4) is 0 Å². The fourth-order valence-corrected chi connectivity index (χ4v) is 4.39. The zero-order valence-corrected chi connectivity index (χ0v) is 21.8. The van der Waals surface area contributed by atoms with Gasteiger partial charge in [0.15, 0.2) is 0 Å². The summed E-state index contributed by atoms with van der Waals surface area (Å²) in [4.78, 5) is 31.5. The Morgan fingerprint density at radius 2 is 1.37 bits per heavy atom. The van der Waals surface area contributed by atoms with E-state index < -0.39 is 0 Å². The lowest BCUT2D eigenvalue weighted by Gasteiger charge is -2.32. The summed E-state index contributed by atoms with van der Waals surface area (Å²) in [6, 6.07) is 15.1. The highest BCUT2D eigenvalue weighted by Gasteiger charge is 2.15. The van der Waals surface area contributed by atoms with Crippen molar-refractivity contribution in [2.45, 2.75) is 12.8 Å². The number of benzene rings is 2. The summed E-state index contributed by atoms with van der Waals surface area (Å²) >= 11 is 11.8. The fraction of sp³-hybridized carbons (Fsp3) is 0.462. The van der Waals surface area contributed by atoms with E-state index in [1.165, 1.54) is 0 Å². The molecule has 2 aromatic rings. The summed E-state index contributed by atoms with van der Waals surface area (Å²) in [6.45, 7) is 6.31. The number of rotatable bonds is 12. The number of halogens is 2. The summed E-state index contributed by atoms with van der Waals surface area (Å²) in [5.41, 5.74) is 3.38. The maximum absolute atomic E-state index is 12.5. The van der Waals surface area contributed by atoms with Crippen molar-refractivity contribution < 1.29 is 9.59 Å². The number of piperazine rings is 1. The number of nitrogens with one attached hydrogen (secondary N) is 2. The summed E-state index contributed by atoms with van der Waals surface area (Å²) in [5.74, 6) is 0.958. The van der Waals surface area contributed by atoms with Crippen LogP contribution in [0.1, 0.15) is 12.0 Å². The molecule has 35 heavy (non-hydrogen) atoms. The highest BCUT2D eigenvalue weighted by atomic mass is 35.5. The zero-order valence-electron chi connectivity index (χ0n) is 20.3. The van der Waals surface area contributed by atoms with Gasteiger partial charge < -0.3 is 25.3 Å². The first-order valence-corrected chi connectivity index (χ1v) is 13.1. The second kappa shape index (κ2) is 14.3. The Balaban J connectivity index is 1.42. The molecular weight excluding hydrogens is 485 g/mol. The molecule has 1 aliphatic rings. The van der Waals surface area contributed by atoms with Gasteiger partial charge in [-0.05, 0) is 49.0 Å². The van der Waals surface area contributed by atoms with Crippen molar-refractivity contribution in [2.75, 3.05) is 80.2 Å². The van der Waals surface area contributed by atoms with E-state index in [2.05, 4.69) is 32.4 Å². The number of likely N-dealkylation sites (N-methyl/N-ethyl adjacent to an activating group) is 1. The van der Waals surface area contributed by atoms with E-state index in [1.54, 1.807) is 24.3 Å². The van der Waals surface area contributed by atoms with E-state index in [0.29, 0.717) is 23.9 Å². The smallest absolute Gasteiger partial charge is 0.228 e. The molecule has 1 aliphatic heterocycles. The van der Waals surface area contributed by atoms with Gasteiger partial charge in [-0.3, -0.25) is 9.59 Å². The van der Waals surface area contributed by atoms with Gasteiger partial charge in [-0.1, -0.05) is 12.1 Å². The SMILES string of the molecule is CN1CCN(CCC(=O)Nc2ccc(NC(=O)Cc3ccc(N(CCCl)CCCl)cc3)cc2)CC1. The first-order valence-electron chi connectivity index (χ1n) is 12.0. The summed E-state index contributed by atoms with van der Waals surface area (Å²) in [7, 11) is 2.12. The van der Waals surface area contributed by atoms with Crippen molar-refractivity contribution in [3.63, 3.8) is 0 Å². The van der Waals surface area contributed by atoms with Gasteiger partial charge in [0, 0.05) is 81.1 Å². The molecule has 0 bridgehead atoms. The van der Waals surface area contributed by atoms with E-state index >= 15 is 0 Å². The molecule has 2 N–H and O–H groups in total. The van der Waals surface area contributed by atoms with Gasteiger partial charge in [0.05, 0.1) is 6.42 Å². The minimum Gasteiger partial charge on any atom is -0.369 e. The molecule has 3 rings (SSSR count). The maximum Gasteiger partial charge on any atom is 0.228 e. The van der Waals surface area contributed by atoms with Gasteiger partial charge in [0.2, 0.25) is 11.8 Å². The molecule has 1 heterocycles. The van der Waals surface area contributed by atoms with Gasteiger partial charge in [0.25, 0.3) is 0 Å². The van der Waals surface area contributed by atoms with Crippen LogP contribution in [-0.4, -0.2) is 86.2 Å². The van der Waals surface area contributed by atoms with Crippen LogP contribution in [0.2, 0.25) is 0 Å². The van der Waals surface area contributed by atoms with Crippen molar-refractivity contribution in [3.05, 3.63) is 54.1 Å². The number of anilines is 3. The van der Waals surface area contributed by atoms with Gasteiger partial charge >= 0.3 is 0 Å². The van der Waals surface area contributed by atoms with Crippen LogP contribution in [0.4, 0.5) is 17.1 Å². The van der Waals surface area contributed by atoms with Crippen LogP contribution in [0.5, 0.6) is 0 Å². The number of carbonyl (C=O) groups is 2. The summed E-state index contributed by atoms with van der Waals surface area (Å²) < 4.78 is 0. The zero-order chi connectivity index (χ0) is 25.0. The molecule has 0 radical (unpaired) electrons. The first kappa shape index (κ1) is 27.3. The monoisotopic (exact) mass is 519 g/mol. The summed E-state index contributed by atoms with van der Waals surface area (Å²) in [6.07, 6.45) is 0.743. The van der Waals surface area contributed by atoms with E-state index in [0.717, 1.165) is 62.8 Å². The van der Waals surface area contributed by atoms with Crippen molar-refractivity contribution in [2.24, 2.45) is 0 Å². The second-order valence-electron chi connectivity index (χ2n) is 8.78. The molecular formula is C26H35Cl2N5O2. The molecule has 0 aliphatic carbocycles. The van der Waals surface area contributed by atoms with Crippen LogP contribution < -0.4 is 15.5 Å². The third-order valence-electron chi connectivity index (χ3n) is 6.08. The van der Waals surface area contributed by atoms with Crippen LogP contribution in [0.25, 0.3) is 0 Å². The Hall–Kier alpha value is -2.32. The third-order valence-corrected chi connectivity index (χ3v) is 6.42. The topological polar surface area (TPSA) is 67.9 Å². The van der Waals surface area contributed by atoms with E-state index in [1.807, 2.05) is 24.3 Å². The molecule has 1 fully saturated rings. The van der Waals surface area contributed by atoms with Crippen LogP contribution in [0, 0.1) is 0 Å². The average Bonchev–Trinajstić information content (AvgIpc) is 2.85. The van der Waals surface area contributed by atoms with Crippen molar-refractivity contribution >= 4 is 52.1 Å². The molecule has 2 aromatic carbocycles. The van der Waals surface area contributed by atoms with Gasteiger partial charge in [0.1, 0.15) is 0 Å². The number of alkyl halides is 2. The number of hydrogen-bond donors (Lipinski definition) is 2. The normalized spacial score (nSPS) is 14.5. The second-order valence-corrected chi connectivity index (χ2v) is 9.53. The number of nitrogens with zero attached hydrogens (tertiary/aromatic N) is 3. The Morgan fingerprint density at radius 1 is 0.829 bits per heavy atom. The highest BCUT2D eigenvalue weighted by Crippen LogP contribution is 2.18. The van der Waals surface area contributed by atoms with Crippen LogP contribution in [0.15, 0.2) is 48.5 Å². The third kappa shape index (κ3) is 9.33. The molecule has 9 heteroatoms. The van der Waals surface area contributed by atoms with Crippen molar-refractivity contribution in [1.29, 1.82) is 0 Å². The minimum atomic E-state index is -0.0971. The number of hydrogen-bond acceptors (Lipinski definition) is 5. The van der Waals surface area contributed by atoms with Crippen LogP contribution >= 0.6 is 23.2 Å². The molecule has 7 nitrogen and oxygen atoms in total. The molecule has 0 spiro atoms. The lowest BCUT2D eigenvalue weighted by Crippen LogP contribution is -2.45. The van der Waals surface area contributed by atoms with Gasteiger partial charge in [-0.25, -0.2) is 0 Å². The highest BCUT2D eigenvalue weighted by molar-refractivity contribution is 6.18. The molecule has 1 saturated heterocycles. The quantitative estimate of drug-likeness (QED) is 0.418. The molecule has 0 unspecified atom stereocenters. The summed E-state index contributed by atoms with van der Waals surface area (Å²) in [5, 5.41) is 5.85. The lowest BCUT2D eigenvalue weighted by atomic mass is 10.1. The largest absolute Gasteiger partial charge is 0.369 e. The first-order chi connectivity index (χ1) is 17.0. The lowest BCUT2D eigenvalue weighted by molar-refractivity contribution is -0.117. The number of carbonyl (C=O) groups excluding carboxylic acids is 2. The number of amides is 2. The average molecular weight is 521 g/mol. The minimum absolute atomic E-state index is 0.000166.